The van der Waals surface area contributed by atoms with Crippen LogP contribution >= 0.6 is 0 Å². The van der Waals surface area contributed by atoms with Gasteiger partial charge in [-0.2, -0.15) is 18.3 Å². The average molecular weight is 267 g/mol. The lowest BCUT2D eigenvalue weighted by molar-refractivity contribution is -0.136. The minimum Gasteiger partial charge on any atom is -0.282 e. The van der Waals surface area contributed by atoms with Crippen molar-refractivity contribution >= 4 is 5.65 Å². The lowest BCUT2D eigenvalue weighted by Gasteiger charge is -2.07. The number of fused-ring (bicyclic) bond motifs is 1. The molecule has 3 aromatic rings. The first-order chi connectivity index (χ1) is 8.97. The van der Waals surface area contributed by atoms with E-state index in [0.717, 1.165) is 6.07 Å². The number of hydrogen-bond acceptors (Lipinski definition) is 3. The zero-order valence-electron chi connectivity index (χ0n) is 9.76. The van der Waals surface area contributed by atoms with E-state index in [1.54, 1.807) is 17.9 Å². The first-order valence-corrected chi connectivity index (χ1v) is 5.37. The monoisotopic (exact) mass is 267 g/mol. The van der Waals surface area contributed by atoms with Crippen LogP contribution in [0.15, 0.2) is 30.7 Å². The van der Waals surface area contributed by atoms with E-state index in [0.29, 0.717) is 11.4 Å². The quantitative estimate of drug-likeness (QED) is 0.678. The number of hydrogen-bond donors (Lipinski definition) is 0. The van der Waals surface area contributed by atoms with E-state index in [1.165, 1.54) is 22.9 Å². The Hall–Kier alpha value is -2.38. The summed E-state index contributed by atoms with van der Waals surface area (Å²) >= 11 is 0. The standard InChI is InChI=1S/C11H8F3N5/c1-18-6-7(5-15-18)9-16-17-10-8(11(12,13)14)3-2-4-19(9)10/h2-6H,1H3. The lowest BCUT2D eigenvalue weighted by atomic mass is 10.2. The minimum absolute atomic E-state index is 0.214. The molecule has 0 amide bonds. The molecule has 0 saturated heterocycles. The van der Waals surface area contributed by atoms with Crippen molar-refractivity contribution in [1.29, 1.82) is 0 Å². The molecule has 0 unspecified atom stereocenters. The van der Waals surface area contributed by atoms with Crippen LogP contribution in [0.1, 0.15) is 5.56 Å². The van der Waals surface area contributed by atoms with Crippen LogP contribution in [0.25, 0.3) is 17.0 Å². The number of pyridine rings is 1. The van der Waals surface area contributed by atoms with Gasteiger partial charge in [-0.25, -0.2) is 0 Å². The highest BCUT2D eigenvalue weighted by Crippen LogP contribution is 2.32. The molecule has 0 radical (unpaired) electrons. The van der Waals surface area contributed by atoms with Crippen LogP contribution in [0, 0.1) is 0 Å². The first kappa shape index (κ1) is 11.7. The summed E-state index contributed by atoms with van der Waals surface area (Å²) in [6.07, 6.45) is 0.224. The molecule has 3 rings (SSSR count). The van der Waals surface area contributed by atoms with Crippen molar-refractivity contribution in [2.45, 2.75) is 6.18 Å². The predicted molar refractivity (Wildman–Crippen MR) is 60.2 cm³/mol. The predicted octanol–water partition coefficient (Wildman–Crippen LogP) is 2.15. The van der Waals surface area contributed by atoms with E-state index in [-0.39, 0.29) is 5.65 Å². The molecule has 8 heteroatoms. The summed E-state index contributed by atoms with van der Waals surface area (Å²) in [6.45, 7) is 0. The fourth-order valence-electron chi connectivity index (χ4n) is 1.87. The maximum Gasteiger partial charge on any atom is 0.420 e. The molecule has 0 fully saturated rings. The van der Waals surface area contributed by atoms with Gasteiger partial charge in [-0.05, 0) is 12.1 Å². The molecule has 0 aromatic carbocycles. The van der Waals surface area contributed by atoms with E-state index in [2.05, 4.69) is 15.3 Å². The number of alkyl halides is 3. The normalized spacial score (nSPS) is 12.2. The smallest absolute Gasteiger partial charge is 0.282 e. The van der Waals surface area contributed by atoms with Crippen molar-refractivity contribution in [3.63, 3.8) is 0 Å². The van der Waals surface area contributed by atoms with Gasteiger partial charge < -0.3 is 0 Å². The maximum absolute atomic E-state index is 12.8. The van der Waals surface area contributed by atoms with E-state index in [4.69, 9.17) is 0 Å². The van der Waals surface area contributed by atoms with Gasteiger partial charge in [-0.1, -0.05) is 0 Å². The van der Waals surface area contributed by atoms with Gasteiger partial charge in [0, 0.05) is 19.4 Å². The first-order valence-electron chi connectivity index (χ1n) is 5.37. The van der Waals surface area contributed by atoms with Crippen molar-refractivity contribution < 1.29 is 13.2 Å². The average Bonchev–Trinajstić information content (AvgIpc) is 2.92. The van der Waals surface area contributed by atoms with Crippen molar-refractivity contribution in [2.75, 3.05) is 0 Å². The van der Waals surface area contributed by atoms with Gasteiger partial charge in [-0.15, -0.1) is 10.2 Å². The molecule has 3 heterocycles. The van der Waals surface area contributed by atoms with E-state index >= 15 is 0 Å². The highest BCUT2D eigenvalue weighted by molar-refractivity contribution is 5.60. The van der Waals surface area contributed by atoms with Crippen molar-refractivity contribution in [1.82, 2.24) is 24.4 Å². The van der Waals surface area contributed by atoms with Gasteiger partial charge in [-0.3, -0.25) is 9.08 Å². The molecule has 98 valence electrons. The van der Waals surface area contributed by atoms with Gasteiger partial charge in [0.05, 0.1) is 11.8 Å². The number of aryl methyl sites for hydroxylation is 1. The third-order valence-electron chi connectivity index (χ3n) is 2.70. The number of nitrogens with zero attached hydrogens (tertiary/aromatic N) is 5. The fourth-order valence-corrected chi connectivity index (χ4v) is 1.87. The van der Waals surface area contributed by atoms with Crippen molar-refractivity contribution in [2.24, 2.45) is 7.05 Å². The highest BCUT2D eigenvalue weighted by Gasteiger charge is 2.34. The molecule has 19 heavy (non-hydrogen) atoms. The molecule has 3 aromatic heterocycles. The molecule has 0 aliphatic carbocycles. The Balaban J connectivity index is 2.25. The Bertz CT molecular complexity index is 740. The summed E-state index contributed by atoms with van der Waals surface area (Å²) in [5.74, 6) is 0.328. The Labute approximate surface area is 105 Å². The van der Waals surface area contributed by atoms with Crippen LogP contribution in [0.5, 0.6) is 0 Å². The molecule has 0 aliphatic heterocycles. The van der Waals surface area contributed by atoms with Crippen molar-refractivity contribution in [3.05, 3.63) is 36.3 Å². The van der Waals surface area contributed by atoms with Gasteiger partial charge in [0.1, 0.15) is 5.56 Å². The van der Waals surface area contributed by atoms with E-state index in [1.807, 2.05) is 0 Å². The second-order valence-corrected chi connectivity index (χ2v) is 4.04. The third-order valence-corrected chi connectivity index (χ3v) is 2.70. The van der Waals surface area contributed by atoms with Crippen LogP contribution in [-0.4, -0.2) is 24.4 Å². The largest absolute Gasteiger partial charge is 0.420 e. The maximum atomic E-state index is 12.8. The molecule has 0 saturated carbocycles. The van der Waals surface area contributed by atoms with Crippen LogP contribution < -0.4 is 0 Å². The summed E-state index contributed by atoms with van der Waals surface area (Å²) in [5, 5.41) is 11.4. The topological polar surface area (TPSA) is 48.0 Å². The summed E-state index contributed by atoms with van der Waals surface area (Å²) in [4.78, 5) is 0. The summed E-state index contributed by atoms with van der Waals surface area (Å²) in [6, 6.07) is 2.30. The Morgan fingerprint density at radius 1 is 1.21 bits per heavy atom. The molecule has 0 spiro atoms. The van der Waals surface area contributed by atoms with E-state index < -0.39 is 11.7 Å². The van der Waals surface area contributed by atoms with E-state index in [9.17, 15) is 13.2 Å². The molecule has 0 atom stereocenters. The Kier molecular flexibility index (Phi) is 2.34. The fraction of sp³-hybridized carbons (Fsp3) is 0.182. The molecule has 0 aliphatic rings. The van der Waals surface area contributed by atoms with Gasteiger partial charge in [0.2, 0.25) is 0 Å². The molecule has 5 nitrogen and oxygen atoms in total. The van der Waals surface area contributed by atoms with Crippen LogP contribution in [0.2, 0.25) is 0 Å². The SMILES string of the molecule is Cn1cc(-c2nnc3c(C(F)(F)F)cccn23)cn1. The van der Waals surface area contributed by atoms with Crippen LogP contribution in [0.3, 0.4) is 0 Å². The van der Waals surface area contributed by atoms with Gasteiger partial charge in [0.25, 0.3) is 0 Å². The summed E-state index contributed by atoms with van der Waals surface area (Å²) in [7, 11) is 1.72. The van der Waals surface area contributed by atoms with Crippen molar-refractivity contribution in [3.8, 4) is 11.4 Å². The zero-order valence-corrected chi connectivity index (χ0v) is 9.76. The number of halogens is 3. The van der Waals surface area contributed by atoms with Crippen LogP contribution in [-0.2, 0) is 13.2 Å². The molecular formula is C11H8F3N5. The van der Waals surface area contributed by atoms with Gasteiger partial charge in [0.15, 0.2) is 11.5 Å². The summed E-state index contributed by atoms with van der Waals surface area (Å²) in [5.41, 5.74) is -0.416. The number of aromatic nitrogens is 5. The second kappa shape index (κ2) is 3.81. The van der Waals surface area contributed by atoms with Gasteiger partial charge >= 0.3 is 6.18 Å². The molecule has 0 bridgehead atoms. The molecular weight excluding hydrogens is 259 g/mol. The molecule has 0 N–H and O–H groups in total. The third kappa shape index (κ3) is 1.85. The highest BCUT2D eigenvalue weighted by atomic mass is 19.4. The Morgan fingerprint density at radius 3 is 2.63 bits per heavy atom. The summed E-state index contributed by atoms with van der Waals surface area (Å²) < 4.78 is 41.4. The van der Waals surface area contributed by atoms with Crippen LogP contribution in [0.4, 0.5) is 13.2 Å². The lowest BCUT2D eigenvalue weighted by Crippen LogP contribution is -2.07. The second-order valence-electron chi connectivity index (χ2n) is 4.04. The Morgan fingerprint density at radius 2 is 2.00 bits per heavy atom. The number of rotatable bonds is 1. The minimum atomic E-state index is -4.46. The zero-order chi connectivity index (χ0) is 13.6.